The number of rotatable bonds is 5. The third kappa shape index (κ3) is 3.39. The lowest BCUT2D eigenvalue weighted by Gasteiger charge is -2.19. The molecule has 3 aromatic rings. The van der Waals surface area contributed by atoms with E-state index in [9.17, 15) is 14.7 Å². The van der Waals surface area contributed by atoms with Crippen LogP contribution in [0.15, 0.2) is 72.8 Å². The molecule has 140 valence electrons. The van der Waals surface area contributed by atoms with Crippen molar-refractivity contribution in [1.82, 2.24) is 5.32 Å². The van der Waals surface area contributed by atoms with Crippen LogP contribution in [0.3, 0.4) is 0 Å². The number of aliphatic carboxylic acids is 1. The monoisotopic (exact) mass is 391 g/mol. The number of fused-ring (bicyclic) bond motifs is 3. The summed E-state index contributed by atoms with van der Waals surface area (Å²) in [5, 5.41) is 12.9. The Morgan fingerprint density at radius 3 is 2.11 bits per heavy atom. The van der Waals surface area contributed by atoms with E-state index in [2.05, 4.69) is 5.32 Å². The van der Waals surface area contributed by atoms with Crippen molar-refractivity contribution in [3.05, 3.63) is 94.5 Å². The first-order chi connectivity index (χ1) is 13.5. The number of carboxylic acid groups (broad SMARTS) is 1. The Balaban J connectivity index is 1.62. The fraction of sp³-hybridized carbons (Fsp3) is 0.130. The summed E-state index contributed by atoms with van der Waals surface area (Å²) in [5.41, 5.74) is 4.58. The molecule has 0 aromatic heterocycles. The number of carbonyl (C=O) groups is 2. The van der Waals surface area contributed by atoms with E-state index in [1.165, 1.54) is 0 Å². The largest absolute Gasteiger partial charge is 0.480 e. The van der Waals surface area contributed by atoms with Crippen LogP contribution in [0.4, 0.5) is 0 Å². The van der Waals surface area contributed by atoms with Gasteiger partial charge in [0.1, 0.15) is 6.04 Å². The van der Waals surface area contributed by atoms with Gasteiger partial charge in [-0.1, -0.05) is 72.3 Å². The average Bonchev–Trinajstić information content (AvgIpc) is 3.02. The Hall–Kier alpha value is -3.11. The summed E-state index contributed by atoms with van der Waals surface area (Å²) in [5.74, 6) is -1.91. The van der Waals surface area contributed by atoms with Gasteiger partial charge in [0.25, 0.3) is 0 Å². The van der Waals surface area contributed by atoms with Crippen molar-refractivity contribution in [2.75, 3.05) is 0 Å². The van der Waals surface area contributed by atoms with Crippen LogP contribution in [0.2, 0.25) is 5.02 Å². The van der Waals surface area contributed by atoms with E-state index >= 15 is 0 Å². The number of carbonyl (C=O) groups excluding carboxylic acids is 1. The first-order valence-corrected chi connectivity index (χ1v) is 9.38. The maximum Gasteiger partial charge on any atom is 0.326 e. The number of nitrogens with one attached hydrogen (secondary N) is 1. The molecule has 2 N–H and O–H groups in total. The van der Waals surface area contributed by atoms with Gasteiger partial charge in [-0.3, -0.25) is 4.79 Å². The van der Waals surface area contributed by atoms with E-state index in [1.807, 2.05) is 48.5 Å². The summed E-state index contributed by atoms with van der Waals surface area (Å²) in [4.78, 5) is 24.9. The van der Waals surface area contributed by atoms with Gasteiger partial charge in [0.15, 0.2) is 0 Å². The van der Waals surface area contributed by atoms with Crippen LogP contribution in [-0.2, 0) is 16.0 Å². The molecule has 0 aliphatic heterocycles. The fourth-order valence-electron chi connectivity index (χ4n) is 3.79. The van der Waals surface area contributed by atoms with E-state index in [0.717, 1.165) is 27.8 Å². The maximum atomic E-state index is 13.1. The summed E-state index contributed by atoms with van der Waals surface area (Å²) in [6, 6.07) is 21.5. The minimum Gasteiger partial charge on any atom is -0.480 e. The van der Waals surface area contributed by atoms with Crippen molar-refractivity contribution in [3.63, 3.8) is 0 Å². The van der Waals surface area contributed by atoms with Crippen molar-refractivity contribution in [2.45, 2.75) is 18.4 Å². The molecule has 0 heterocycles. The van der Waals surface area contributed by atoms with Crippen LogP contribution in [0, 0.1) is 0 Å². The topological polar surface area (TPSA) is 66.4 Å². The molecule has 1 aliphatic carbocycles. The number of benzene rings is 3. The second kappa shape index (κ2) is 7.49. The third-order valence-corrected chi connectivity index (χ3v) is 5.27. The molecule has 0 unspecified atom stereocenters. The number of hydrogen-bond donors (Lipinski definition) is 2. The van der Waals surface area contributed by atoms with Gasteiger partial charge in [-0.25, -0.2) is 4.79 Å². The molecule has 5 heteroatoms. The van der Waals surface area contributed by atoms with Crippen LogP contribution in [-0.4, -0.2) is 23.0 Å². The van der Waals surface area contributed by atoms with Crippen LogP contribution in [0.25, 0.3) is 11.1 Å². The Morgan fingerprint density at radius 1 is 0.929 bits per heavy atom. The molecular weight excluding hydrogens is 374 g/mol. The highest BCUT2D eigenvalue weighted by molar-refractivity contribution is 6.30. The maximum absolute atomic E-state index is 13.1. The smallest absolute Gasteiger partial charge is 0.326 e. The number of carboxylic acids is 1. The van der Waals surface area contributed by atoms with Crippen LogP contribution in [0.5, 0.6) is 0 Å². The molecule has 3 aromatic carbocycles. The molecular formula is C23H18ClNO3. The standard InChI is InChI=1S/C23H18ClNO3/c24-15-7-5-6-14(12-15)13-20(23(27)28)25-22(26)21-18-10-3-1-8-16(18)17-9-2-4-11-19(17)21/h1-12,20-21H,13H2,(H,25,26)(H,27,28)/t20-/m1/s1. The molecule has 0 bridgehead atoms. The fourth-order valence-corrected chi connectivity index (χ4v) is 4.01. The van der Waals surface area contributed by atoms with Crippen molar-refractivity contribution in [2.24, 2.45) is 0 Å². The zero-order valence-corrected chi connectivity index (χ0v) is 15.7. The van der Waals surface area contributed by atoms with Gasteiger partial charge in [-0.2, -0.15) is 0 Å². The van der Waals surface area contributed by atoms with Gasteiger partial charge in [0, 0.05) is 11.4 Å². The summed E-state index contributed by atoms with van der Waals surface area (Å²) in [7, 11) is 0. The summed E-state index contributed by atoms with van der Waals surface area (Å²) < 4.78 is 0. The van der Waals surface area contributed by atoms with Gasteiger partial charge in [0.2, 0.25) is 5.91 Å². The Kier molecular flexibility index (Phi) is 4.88. The quantitative estimate of drug-likeness (QED) is 0.682. The zero-order chi connectivity index (χ0) is 19.7. The van der Waals surface area contributed by atoms with E-state index in [4.69, 9.17) is 11.6 Å². The van der Waals surface area contributed by atoms with Crippen molar-refractivity contribution in [3.8, 4) is 11.1 Å². The van der Waals surface area contributed by atoms with Gasteiger partial charge in [-0.05, 0) is 39.9 Å². The second-order valence-corrected chi connectivity index (χ2v) is 7.28. The molecule has 4 rings (SSSR count). The SMILES string of the molecule is O=C(N[C@H](Cc1cccc(Cl)c1)C(=O)O)C1c2ccccc2-c2ccccc21. The summed E-state index contributed by atoms with van der Waals surface area (Å²) in [6.45, 7) is 0. The highest BCUT2D eigenvalue weighted by Gasteiger charge is 2.35. The van der Waals surface area contributed by atoms with Crippen LogP contribution in [0.1, 0.15) is 22.6 Å². The first-order valence-electron chi connectivity index (χ1n) is 9.00. The predicted molar refractivity (Wildman–Crippen MR) is 108 cm³/mol. The molecule has 1 amide bonds. The minimum atomic E-state index is -1.08. The molecule has 1 atom stereocenters. The molecule has 0 fully saturated rings. The van der Waals surface area contributed by atoms with E-state index < -0.39 is 17.9 Å². The highest BCUT2D eigenvalue weighted by atomic mass is 35.5. The number of amides is 1. The molecule has 1 aliphatic rings. The summed E-state index contributed by atoms with van der Waals surface area (Å²) >= 11 is 5.99. The molecule has 28 heavy (non-hydrogen) atoms. The second-order valence-electron chi connectivity index (χ2n) is 6.84. The first kappa shape index (κ1) is 18.3. The third-order valence-electron chi connectivity index (χ3n) is 5.04. The van der Waals surface area contributed by atoms with E-state index in [-0.39, 0.29) is 12.3 Å². The van der Waals surface area contributed by atoms with Gasteiger partial charge in [-0.15, -0.1) is 0 Å². The number of hydrogen-bond acceptors (Lipinski definition) is 2. The van der Waals surface area contributed by atoms with Gasteiger partial charge >= 0.3 is 5.97 Å². The Labute approximate surface area is 167 Å². The lowest BCUT2D eigenvalue weighted by atomic mass is 9.95. The molecule has 4 nitrogen and oxygen atoms in total. The number of halogens is 1. The lowest BCUT2D eigenvalue weighted by Crippen LogP contribution is -2.44. The van der Waals surface area contributed by atoms with Crippen molar-refractivity contribution in [1.29, 1.82) is 0 Å². The Morgan fingerprint density at radius 2 is 1.54 bits per heavy atom. The molecule has 0 spiro atoms. The van der Waals surface area contributed by atoms with Crippen LogP contribution < -0.4 is 5.32 Å². The Bertz CT molecular complexity index is 1020. The van der Waals surface area contributed by atoms with Crippen LogP contribution >= 0.6 is 11.6 Å². The minimum absolute atomic E-state index is 0.164. The summed E-state index contributed by atoms with van der Waals surface area (Å²) in [6.07, 6.45) is 0.164. The van der Waals surface area contributed by atoms with Crippen molar-refractivity contribution >= 4 is 23.5 Å². The molecule has 0 radical (unpaired) electrons. The van der Waals surface area contributed by atoms with Gasteiger partial charge in [0.05, 0.1) is 5.92 Å². The highest BCUT2D eigenvalue weighted by Crippen LogP contribution is 2.44. The molecule has 0 saturated heterocycles. The van der Waals surface area contributed by atoms with E-state index in [1.54, 1.807) is 24.3 Å². The zero-order valence-electron chi connectivity index (χ0n) is 14.9. The van der Waals surface area contributed by atoms with E-state index in [0.29, 0.717) is 5.02 Å². The predicted octanol–water partition coefficient (Wildman–Crippen LogP) is 4.26. The van der Waals surface area contributed by atoms with Gasteiger partial charge < -0.3 is 10.4 Å². The lowest BCUT2D eigenvalue weighted by molar-refractivity contribution is -0.141. The van der Waals surface area contributed by atoms with Crippen molar-refractivity contribution < 1.29 is 14.7 Å². The average molecular weight is 392 g/mol. The normalized spacial score (nSPS) is 13.5. The molecule has 0 saturated carbocycles.